The Kier molecular flexibility index (Phi) is 3.06. The van der Waals surface area contributed by atoms with Crippen molar-refractivity contribution in [1.82, 2.24) is 10.2 Å². The molecule has 1 aromatic rings. The molecule has 1 fully saturated rings. The number of fused-ring (bicyclic) bond motifs is 1. The van der Waals surface area contributed by atoms with Crippen molar-refractivity contribution in [2.24, 2.45) is 0 Å². The van der Waals surface area contributed by atoms with Crippen molar-refractivity contribution < 1.29 is 19.4 Å². The molecule has 1 unspecified atom stereocenters. The van der Waals surface area contributed by atoms with Crippen molar-refractivity contribution in [2.75, 3.05) is 0 Å². The van der Waals surface area contributed by atoms with Crippen LogP contribution in [0.5, 0.6) is 0 Å². The summed E-state index contributed by atoms with van der Waals surface area (Å²) in [7, 11) is 0.972. The molecule has 2 heterocycles. The van der Waals surface area contributed by atoms with Gasteiger partial charge in [0.15, 0.2) is 0 Å². The molecule has 7 heteroatoms. The molecule has 0 aliphatic carbocycles. The van der Waals surface area contributed by atoms with Crippen LogP contribution in [0.3, 0.4) is 0 Å². The molecule has 2 N–H and O–H groups in total. The monoisotopic (exact) mass is 271 g/mol. The van der Waals surface area contributed by atoms with Crippen LogP contribution in [0.25, 0.3) is 0 Å². The van der Waals surface area contributed by atoms with Crippen LogP contribution in [-0.2, 0) is 16.1 Å². The van der Waals surface area contributed by atoms with Gasteiger partial charge in [0.05, 0.1) is 0 Å². The lowest BCUT2D eigenvalue weighted by Gasteiger charge is -2.29. The van der Waals surface area contributed by atoms with Crippen LogP contribution < -0.4 is 10.8 Å². The maximum atomic E-state index is 12.3. The van der Waals surface area contributed by atoms with Gasteiger partial charge in [-0.25, -0.2) is 0 Å². The predicted octanol–water partition coefficient (Wildman–Crippen LogP) is -1.32. The molecule has 0 spiro atoms. The quantitative estimate of drug-likeness (QED) is 0.516. The van der Waals surface area contributed by atoms with Crippen molar-refractivity contribution in [3.8, 4) is 0 Å². The van der Waals surface area contributed by atoms with E-state index < -0.39 is 11.9 Å². The molecular formula is C13H12BN2O4. The number of rotatable bonds is 2. The zero-order valence-corrected chi connectivity index (χ0v) is 10.6. The van der Waals surface area contributed by atoms with E-state index in [1.165, 1.54) is 4.90 Å². The Morgan fingerprint density at radius 2 is 2.10 bits per heavy atom. The van der Waals surface area contributed by atoms with Crippen molar-refractivity contribution in [3.63, 3.8) is 0 Å². The molecule has 6 nitrogen and oxygen atoms in total. The van der Waals surface area contributed by atoms with Gasteiger partial charge in [0.1, 0.15) is 6.04 Å². The van der Waals surface area contributed by atoms with Gasteiger partial charge in [-0.05, 0) is 18.1 Å². The van der Waals surface area contributed by atoms with Gasteiger partial charge in [-0.3, -0.25) is 19.7 Å². The van der Waals surface area contributed by atoms with Crippen molar-refractivity contribution >= 4 is 30.7 Å². The minimum absolute atomic E-state index is 0.209. The molecule has 1 atom stereocenters. The Balaban J connectivity index is 1.86. The van der Waals surface area contributed by atoms with Gasteiger partial charge in [0.2, 0.25) is 11.8 Å². The fourth-order valence-electron chi connectivity index (χ4n) is 2.67. The summed E-state index contributed by atoms with van der Waals surface area (Å²) in [4.78, 5) is 36.8. The second kappa shape index (κ2) is 4.75. The molecule has 3 rings (SSSR count). The van der Waals surface area contributed by atoms with Gasteiger partial charge in [0.25, 0.3) is 5.91 Å². The van der Waals surface area contributed by atoms with E-state index in [2.05, 4.69) is 5.32 Å². The smallest absolute Gasteiger partial charge is 0.326 e. The van der Waals surface area contributed by atoms with E-state index in [1.54, 1.807) is 18.2 Å². The topological polar surface area (TPSA) is 86.7 Å². The first-order chi connectivity index (χ1) is 9.60. The fourth-order valence-corrected chi connectivity index (χ4v) is 2.67. The fraction of sp³-hybridized carbons (Fsp3) is 0.308. The highest BCUT2D eigenvalue weighted by atomic mass is 16.2. The minimum atomic E-state index is -0.603. The lowest BCUT2D eigenvalue weighted by Crippen LogP contribution is -2.52. The van der Waals surface area contributed by atoms with Crippen molar-refractivity contribution in [1.29, 1.82) is 0 Å². The summed E-state index contributed by atoms with van der Waals surface area (Å²) in [5, 5.41) is 11.3. The van der Waals surface area contributed by atoms with Crippen LogP contribution in [0.2, 0.25) is 0 Å². The molecule has 0 saturated carbocycles. The number of nitrogens with zero attached hydrogens (tertiary/aromatic N) is 1. The standard InChI is InChI=1S/C13H12BN2O4/c17-11-4-3-10(12(18)15-11)16-6-7-5-8(14-20)1-2-9(7)13(16)19/h1-2,5,10,20H,3-4,6H2,(H,15,17,18). The molecule has 2 aliphatic heterocycles. The van der Waals surface area contributed by atoms with E-state index >= 15 is 0 Å². The zero-order chi connectivity index (χ0) is 14.3. The van der Waals surface area contributed by atoms with Gasteiger partial charge in [-0.1, -0.05) is 17.6 Å². The van der Waals surface area contributed by atoms with E-state index in [9.17, 15) is 14.4 Å². The number of amides is 3. The van der Waals surface area contributed by atoms with Crippen molar-refractivity contribution in [2.45, 2.75) is 25.4 Å². The van der Waals surface area contributed by atoms with Gasteiger partial charge in [0, 0.05) is 18.5 Å². The first-order valence-electron chi connectivity index (χ1n) is 6.35. The molecule has 101 valence electrons. The molecule has 1 aromatic carbocycles. The van der Waals surface area contributed by atoms with Crippen LogP contribution in [0, 0.1) is 0 Å². The molecule has 1 radical (unpaired) electrons. The van der Waals surface area contributed by atoms with Crippen LogP contribution >= 0.6 is 0 Å². The van der Waals surface area contributed by atoms with Crippen LogP contribution in [0.1, 0.15) is 28.8 Å². The van der Waals surface area contributed by atoms with Gasteiger partial charge < -0.3 is 9.92 Å². The third-order valence-corrected chi connectivity index (χ3v) is 3.70. The van der Waals surface area contributed by atoms with E-state index in [0.717, 1.165) is 13.0 Å². The lowest BCUT2D eigenvalue weighted by atomic mass is 9.87. The van der Waals surface area contributed by atoms with E-state index in [-0.39, 0.29) is 18.2 Å². The number of piperidine rings is 1. The van der Waals surface area contributed by atoms with Crippen LogP contribution in [0.15, 0.2) is 18.2 Å². The Bertz CT molecular complexity index is 616. The van der Waals surface area contributed by atoms with Crippen molar-refractivity contribution in [3.05, 3.63) is 29.3 Å². The zero-order valence-electron chi connectivity index (χ0n) is 10.6. The summed E-state index contributed by atoms with van der Waals surface area (Å²) in [6.45, 7) is 0.322. The summed E-state index contributed by atoms with van der Waals surface area (Å²) >= 11 is 0. The number of hydrogen-bond acceptors (Lipinski definition) is 4. The van der Waals surface area contributed by atoms with Gasteiger partial charge in [-0.2, -0.15) is 0 Å². The van der Waals surface area contributed by atoms with Crippen LogP contribution in [-0.4, -0.2) is 41.2 Å². The molecule has 2 aliphatic rings. The number of nitrogens with one attached hydrogen (secondary N) is 1. The molecular weight excluding hydrogens is 259 g/mol. The maximum absolute atomic E-state index is 12.3. The summed E-state index contributed by atoms with van der Waals surface area (Å²) in [6.07, 6.45) is 0.593. The highest BCUT2D eigenvalue weighted by molar-refractivity contribution is 6.45. The Hall–Kier alpha value is -2.15. The first kappa shape index (κ1) is 12.9. The summed E-state index contributed by atoms with van der Waals surface area (Å²) in [6, 6.07) is 4.41. The molecule has 20 heavy (non-hydrogen) atoms. The summed E-state index contributed by atoms with van der Waals surface area (Å²) in [5.74, 6) is -0.928. The average Bonchev–Trinajstić information content (AvgIpc) is 2.75. The number of carbonyl (C=O) groups is 3. The number of hydrogen-bond donors (Lipinski definition) is 2. The summed E-state index contributed by atoms with van der Waals surface area (Å²) in [5.41, 5.74) is 1.93. The third-order valence-electron chi connectivity index (χ3n) is 3.70. The average molecular weight is 271 g/mol. The lowest BCUT2D eigenvalue weighted by molar-refractivity contribution is -0.136. The van der Waals surface area contributed by atoms with Gasteiger partial charge >= 0.3 is 7.48 Å². The Labute approximate surface area is 116 Å². The normalized spacial score (nSPS) is 21.8. The third kappa shape index (κ3) is 2.00. The van der Waals surface area contributed by atoms with E-state index in [1.807, 2.05) is 0 Å². The first-order valence-corrected chi connectivity index (χ1v) is 6.35. The summed E-state index contributed by atoms with van der Waals surface area (Å²) < 4.78 is 0. The second-order valence-electron chi connectivity index (χ2n) is 4.95. The van der Waals surface area contributed by atoms with Gasteiger partial charge in [-0.15, -0.1) is 0 Å². The molecule has 0 aromatic heterocycles. The van der Waals surface area contributed by atoms with Crippen LogP contribution in [0.4, 0.5) is 0 Å². The van der Waals surface area contributed by atoms with E-state index in [4.69, 9.17) is 5.02 Å². The molecule has 0 bridgehead atoms. The SMILES string of the molecule is O=C1CCC(N2Cc3cc([B]O)ccc3C2=O)C(=O)N1. The van der Waals surface area contributed by atoms with E-state index in [0.29, 0.717) is 24.0 Å². The number of imide groups is 1. The maximum Gasteiger partial charge on any atom is 0.326 e. The number of carbonyl (C=O) groups excluding carboxylic acids is 3. The Morgan fingerprint density at radius 1 is 1.30 bits per heavy atom. The minimum Gasteiger partial charge on any atom is -0.450 e. The highest BCUT2D eigenvalue weighted by Crippen LogP contribution is 2.26. The molecule has 3 amide bonds. The Morgan fingerprint density at radius 3 is 2.80 bits per heavy atom. The number of benzene rings is 1. The molecule has 1 saturated heterocycles. The second-order valence-corrected chi connectivity index (χ2v) is 4.95. The largest absolute Gasteiger partial charge is 0.450 e. The highest BCUT2D eigenvalue weighted by Gasteiger charge is 2.38. The predicted molar refractivity (Wildman–Crippen MR) is 70.1 cm³/mol.